The van der Waals surface area contributed by atoms with Crippen molar-refractivity contribution in [3.05, 3.63) is 58.5 Å². The number of nitrogens with zero attached hydrogens (tertiary/aromatic N) is 2. The zero-order valence-corrected chi connectivity index (χ0v) is 12.2. The SMILES string of the molecule is Clc1ccc2scnc2c1.c1ccc2scnc2c1. The fourth-order valence-electron chi connectivity index (χ4n) is 1.63. The molecule has 2 aromatic carbocycles. The molecule has 0 bridgehead atoms. The first-order valence-corrected chi connectivity index (χ1v) is 7.73. The third-order valence-electron chi connectivity index (χ3n) is 2.53. The van der Waals surface area contributed by atoms with E-state index in [1.54, 1.807) is 22.7 Å². The molecule has 4 rings (SSSR count). The predicted octanol–water partition coefficient (Wildman–Crippen LogP) is 5.25. The fourth-order valence-corrected chi connectivity index (χ4v) is 3.14. The lowest BCUT2D eigenvalue weighted by atomic mass is 10.3. The second kappa shape index (κ2) is 5.65. The lowest BCUT2D eigenvalue weighted by Gasteiger charge is -1.86. The second-order valence-electron chi connectivity index (χ2n) is 3.78. The topological polar surface area (TPSA) is 25.8 Å². The normalized spacial score (nSPS) is 10.4. The molecule has 5 heteroatoms. The van der Waals surface area contributed by atoms with Gasteiger partial charge in [-0.05, 0) is 30.3 Å². The monoisotopic (exact) mass is 304 g/mol. The number of benzene rings is 2. The van der Waals surface area contributed by atoms with Crippen molar-refractivity contribution in [1.82, 2.24) is 9.97 Å². The van der Waals surface area contributed by atoms with Crippen molar-refractivity contribution in [1.29, 1.82) is 0 Å². The Morgan fingerprint density at radius 1 is 0.789 bits per heavy atom. The summed E-state index contributed by atoms with van der Waals surface area (Å²) in [6.45, 7) is 0. The van der Waals surface area contributed by atoms with Crippen LogP contribution in [0.3, 0.4) is 0 Å². The van der Waals surface area contributed by atoms with E-state index in [2.05, 4.69) is 16.0 Å². The molecule has 4 aromatic rings. The zero-order chi connectivity index (χ0) is 13.1. The van der Waals surface area contributed by atoms with E-state index in [0.717, 1.165) is 16.1 Å². The molecular formula is C14H9ClN2S2. The summed E-state index contributed by atoms with van der Waals surface area (Å²) in [7, 11) is 0. The highest BCUT2D eigenvalue weighted by Gasteiger charge is 1.94. The van der Waals surface area contributed by atoms with Gasteiger partial charge in [-0.25, -0.2) is 9.97 Å². The molecule has 0 atom stereocenters. The summed E-state index contributed by atoms with van der Waals surface area (Å²) < 4.78 is 2.45. The van der Waals surface area contributed by atoms with Gasteiger partial charge in [-0.2, -0.15) is 0 Å². The molecular weight excluding hydrogens is 296 g/mol. The van der Waals surface area contributed by atoms with Crippen LogP contribution in [0.2, 0.25) is 5.02 Å². The molecule has 0 N–H and O–H groups in total. The van der Waals surface area contributed by atoms with Crippen LogP contribution in [0, 0.1) is 0 Å². The number of halogens is 1. The van der Waals surface area contributed by atoms with Gasteiger partial charge in [0.15, 0.2) is 0 Å². The number of thiazole rings is 2. The Bertz CT molecular complexity index is 777. The molecule has 0 aliphatic rings. The number of fused-ring (bicyclic) bond motifs is 2. The van der Waals surface area contributed by atoms with Gasteiger partial charge in [-0.15, -0.1) is 22.7 Å². The summed E-state index contributed by atoms with van der Waals surface area (Å²) in [4.78, 5) is 8.25. The average molecular weight is 305 g/mol. The number of aromatic nitrogens is 2. The average Bonchev–Trinajstić information content (AvgIpc) is 3.07. The van der Waals surface area contributed by atoms with Crippen molar-refractivity contribution < 1.29 is 0 Å². The van der Waals surface area contributed by atoms with Crippen molar-refractivity contribution >= 4 is 54.7 Å². The molecule has 0 unspecified atom stereocenters. The maximum Gasteiger partial charge on any atom is 0.0826 e. The van der Waals surface area contributed by atoms with Gasteiger partial charge in [0.2, 0.25) is 0 Å². The van der Waals surface area contributed by atoms with Gasteiger partial charge in [-0.3, -0.25) is 0 Å². The first-order valence-electron chi connectivity index (χ1n) is 5.60. The maximum atomic E-state index is 5.74. The lowest BCUT2D eigenvalue weighted by Crippen LogP contribution is -1.65. The number of rotatable bonds is 0. The van der Waals surface area contributed by atoms with Gasteiger partial charge >= 0.3 is 0 Å². The van der Waals surface area contributed by atoms with Crippen LogP contribution in [0.5, 0.6) is 0 Å². The molecule has 2 heterocycles. The van der Waals surface area contributed by atoms with Crippen LogP contribution in [-0.4, -0.2) is 9.97 Å². The van der Waals surface area contributed by atoms with E-state index < -0.39 is 0 Å². The third-order valence-corrected chi connectivity index (χ3v) is 4.38. The smallest absolute Gasteiger partial charge is 0.0826 e. The fraction of sp³-hybridized carbons (Fsp3) is 0. The lowest BCUT2D eigenvalue weighted by molar-refractivity contribution is 1.50. The largest absolute Gasteiger partial charge is 0.245 e. The summed E-state index contributed by atoms with van der Waals surface area (Å²) in [5.74, 6) is 0. The Morgan fingerprint density at radius 3 is 2.26 bits per heavy atom. The van der Waals surface area contributed by atoms with E-state index >= 15 is 0 Å². The minimum Gasteiger partial charge on any atom is -0.245 e. The minimum atomic E-state index is 0.749. The van der Waals surface area contributed by atoms with Gasteiger partial charge in [0.1, 0.15) is 0 Å². The van der Waals surface area contributed by atoms with Gasteiger partial charge < -0.3 is 0 Å². The molecule has 2 aromatic heterocycles. The second-order valence-corrected chi connectivity index (χ2v) is 5.99. The summed E-state index contributed by atoms with van der Waals surface area (Å²) in [5, 5.41) is 0.749. The molecule has 19 heavy (non-hydrogen) atoms. The highest BCUT2D eigenvalue weighted by molar-refractivity contribution is 7.17. The molecule has 0 radical (unpaired) electrons. The molecule has 0 saturated carbocycles. The quantitative estimate of drug-likeness (QED) is 0.443. The van der Waals surface area contributed by atoms with Crippen LogP contribution < -0.4 is 0 Å². The van der Waals surface area contributed by atoms with Gasteiger partial charge in [0.05, 0.1) is 31.5 Å². The van der Waals surface area contributed by atoms with Crippen LogP contribution in [0.1, 0.15) is 0 Å². The highest BCUT2D eigenvalue weighted by Crippen LogP contribution is 2.20. The van der Waals surface area contributed by atoms with Crippen molar-refractivity contribution in [3.8, 4) is 0 Å². The highest BCUT2D eigenvalue weighted by atomic mass is 35.5. The predicted molar refractivity (Wildman–Crippen MR) is 84.3 cm³/mol. The van der Waals surface area contributed by atoms with Crippen LogP contribution >= 0.6 is 34.3 Å². The Balaban J connectivity index is 0.000000117. The van der Waals surface area contributed by atoms with Gasteiger partial charge in [-0.1, -0.05) is 23.7 Å². The molecule has 2 nitrogen and oxygen atoms in total. The van der Waals surface area contributed by atoms with E-state index in [-0.39, 0.29) is 0 Å². The summed E-state index contributed by atoms with van der Waals surface area (Å²) in [5.41, 5.74) is 5.77. The molecule has 0 spiro atoms. The minimum absolute atomic E-state index is 0.749. The van der Waals surface area contributed by atoms with Crippen molar-refractivity contribution in [2.45, 2.75) is 0 Å². The summed E-state index contributed by atoms with van der Waals surface area (Å²) >= 11 is 9.04. The van der Waals surface area contributed by atoms with Crippen molar-refractivity contribution in [3.63, 3.8) is 0 Å². The molecule has 0 aliphatic heterocycles. The first-order chi connectivity index (χ1) is 9.33. The first kappa shape index (κ1) is 12.5. The molecule has 0 aliphatic carbocycles. The Labute approximate surface area is 123 Å². The van der Waals surface area contributed by atoms with E-state index in [4.69, 9.17) is 11.6 Å². The zero-order valence-electron chi connectivity index (χ0n) is 9.79. The van der Waals surface area contributed by atoms with E-state index in [9.17, 15) is 0 Å². The summed E-state index contributed by atoms with van der Waals surface area (Å²) in [6.07, 6.45) is 0. The van der Waals surface area contributed by atoms with Crippen LogP contribution in [-0.2, 0) is 0 Å². The van der Waals surface area contributed by atoms with Crippen LogP contribution in [0.15, 0.2) is 53.5 Å². The van der Waals surface area contributed by atoms with E-state index in [0.29, 0.717) is 0 Å². The molecule has 94 valence electrons. The van der Waals surface area contributed by atoms with Crippen molar-refractivity contribution in [2.24, 2.45) is 0 Å². The maximum absolute atomic E-state index is 5.74. The van der Waals surface area contributed by atoms with Gasteiger partial charge in [0.25, 0.3) is 0 Å². The van der Waals surface area contributed by atoms with E-state index in [1.165, 1.54) is 9.40 Å². The third kappa shape index (κ3) is 2.92. The Kier molecular flexibility index (Phi) is 3.73. The Hall–Kier alpha value is -1.49. The van der Waals surface area contributed by atoms with Crippen LogP contribution in [0.25, 0.3) is 20.4 Å². The van der Waals surface area contributed by atoms with Gasteiger partial charge in [0, 0.05) is 5.02 Å². The number of hydrogen-bond acceptors (Lipinski definition) is 4. The molecule has 0 saturated heterocycles. The standard InChI is InChI=1S/C7H4ClNS.C7H5NS/c8-5-1-2-7-6(3-5)9-4-10-7;1-2-4-7-6(3-1)8-5-9-7/h1-4H;1-5H. The number of hydrogen-bond donors (Lipinski definition) is 0. The van der Waals surface area contributed by atoms with Crippen LogP contribution in [0.4, 0.5) is 0 Å². The van der Waals surface area contributed by atoms with E-state index in [1.807, 2.05) is 47.4 Å². The summed E-state index contributed by atoms with van der Waals surface area (Å²) in [6, 6.07) is 13.9. The van der Waals surface area contributed by atoms with Crippen molar-refractivity contribution in [2.75, 3.05) is 0 Å². The number of para-hydroxylation sites is 1. The molecule has 0 amide bonds. The Morgan fingerprint density at radius 2 is 1.47 bits per heavy atom. The molecule has 0 fully saturated rings.